The van der Waals surface area contributed by atoms with Crippen LogP contribution in [0.5, 0.6) is 5.75 Å². The average Bonchev–Trinajstić information content (AvgIpc) is 3.26. The van der Waals surface area contributed by atoms with E-state index in [1.165, 1.54) is 10.8 Å². The number of rotatable bonds is 4. The molecule has 0 saturated carbocycles. The number of methoxy groups -OCH3 is 1. The Labute approximate surface area is 178 Å². The van der Waals surface area contributed by atoms with Gasteiger partial charge in [-0.05, 0) is 37.6 Å². The number of nitrogens with zero attached hydrogens (tertiary/aromatic N) is 6. The zero-order valence-corrected chi connectivity index (χ0v) is 17.7. The van der Waals surface area contributed by atoms with E-state index in [1.807, 2.05) is 36.5 Å². The standard InChI is InChI=1S/C22H24N6O3/c1-14-10-26(11-15(2)31-14)17-8-19-20(23-9-17)27(22(29)28-21(19)24-13-25-28)12-16-4-6-18(30-3)7-5-16/h4-9,13-15H,10-12H2,1-3H3. The second kappa shape index (κ2) is 7.66. The second-order valence-corrected chi connectivity index (χ2v) is 7.94. The van der Waals surface area contributed by atoms with E-state index in [9.17, 15) is 4.79 Å². The summed E-state index contributed by atoms with van der Waals surface area (Å²) in [7, 11) is 1.63. The van der Waals surface area contributed by atoms with Gasteiger partial charge in [-0.3, -0.25) is 4.57 Å². The molecule has 0 aliphatic carbocycles. The molecule has 4 aromatic rings. The van der Waals surface area contributed by atoms with Gasteiger partial charge in [-0.15, -0.1) is 0 Å². The summed E-state index contributed by atoms with van der Waals surface area (Å²) in [4.78, 5) is 24.4. The summed E-state index contributed by atoms with van der Waals surface area (Å²) in [5.74, 6) is 0.768. The molecule has 2 atom stereocenters. The van der Waals surface area contributed by atoms with Crippen LogP contribution in [-0.4, -0.2) is 56.6 Å². The van der Waals surface area contributed by atoms with Gasteiger partial charge in [0.25, 0.3) is 0 Å². The summed E-state index contributed by atoms with van der Waals surface area (Å²) < 4.78 is 14.1. The van der Waals surface area contributed by atoms with Crippen LogP contribution in [0.25, 0.3) is 16.7 Å². The van der Waals surface area contributed by atoms with E-state index >= 15 is 0 Å². The molecule has 0 amide bonds. The summed E-state index contributed by atoms with van der Waals surface area (Å²) in [6.07, 6.45) is 3.50. The lowest BCUT2D eigenvalue weighted by molar-refractivity contribution is -0.00522. The Morgan fingerprint density at radius 3 is 2.55 bits per heavy atom. The van der Waals surface area contributed by atoms with E-state index < -0.39 is 0 Å². The van der Waals surface area contributed by atoms with Crippen LogP contribution in [0, 0.1) is 0 Å². The first-order valence-electron chi connectivity index (χ1n) is 10.3. The van der Waals surface area contributed by atoms with Gasteiger partial charge in [0.1, 0.15) is 17.7 Å². The molecule has 31 heavy (non-hydrogen) atoms. The molecule has 0 spiro atoms. The summed E-state index contributed by atoms with van der Waals surface area (Å²) in [5.41, 5.74) is 2.76. The SMILES string of the molecule is COc1ccc(Cn2c(=O)n3ncnc3c3cc(N4CC(C)OC(C)C4)cnc32)cc1. The minimum Gasteiger partial charge on any atom is -0.497 e. The van der Waals surface area contributed by atoms with Crippen molar-refractivity contribution >= 4 is 22.4 Å². The van der Waals surface area contributed by atoms with Crippen molar-refractivity contribution in [2.24, 2.45) is 0 Å². The number of hydrogen-bond acceptors (Lipinski definition) is 7. The molecule has 0 N–H and O–H groups in total. The predicted molar refractivity (Wildman–Crippen MR) is 117 cm³/mol. The Morgan fingerprint density at radius 2 is 1.84 bits per heavy atom. The quantitative estimate of drug-likeness (QED) is 0.500. The van der Waals surface area contributed by atoms with E-state index in [2.05, 4.69) is 28.8 Å². The van der Waals surface area contributed by atoms with Gasteiger partial charge in [0.05, 0.1) is 43.1 Å². The van der Waals surface area contributed by atoms with Gasteiger partial charge in [0.2, 0.25) is 0 Å². The first-order valence-corrected chi connectivity index (χ1v) is 10.3. The van der Waals surface area contributed by atoms with Crippen LogP contribution in [0.1, 0.15) is 19.4 Å². The molecule has 1 saturated heterocycles. The molecule has 160 valence electrons. The summed E-state index contributed by atoms with van der Waals surface area (Å²) >= 11 is 0. The smallest absolute Gasteiger partial charge is 0.352 e. The van der Waals surface area contributed by atoms with Crippen molar-refractivity contribution < 1.29 is 9.47 Å². The third-order valence-electron chi connectivity index (χ3n) is 5.59. The van der Waals surface area contributed by atoms with Crippen molar-refractivity contribution in [1.29, 1.82) is 0 Å². The molecule has 9 nitrogen and oxygen atoms in total. The Morgan fingerprint density at radius 1 is 1.10 bits per heavy atom. The van der Waals surface area contributed by atoms with E-state index in [4.69, 9.17) is 14.5 Å². The second-order valence-electron chi connectivity index (χ2n) is 7.94. The van der Waals surface area contributed by atoms with Crippen molar-refractivity contribution in [3.8, 4) is 5.75 Å². The monoisotopic (exact) mass is 420 g/mol. The highest BCUT2D eigenvalue weighted by molar-refractivity contribution is 5.91. The van der Waals surface area contributed by atoms with Gasteiger partial charge in [-0.2, -0.15) is 9.61 Å². The highest BCUT2D eigenvalue weighted by Gasteiger charge is 2.24. The number of benzene rings is 1. The zero-order chi connectivity index (χ0) is 21.5. The lowest BCUT2D eigenvalue weighted by atomic mass is 10.2. The van der Waals surface area contributed by atoms with Gasteiger partial charge >= 0.3 is 5.69 Å². The van der Waals surface area contributed by atoms with Crippen molar-refractivity contribution in [3.63, 3.8) is 0 Å². The number of morpholine rings is 1. The molecule has 1 fully saturated rings. The molecule has 9 heteroatoms. The van der Waals surface area contributed by atoms with Gasteiger partial charge in [0.15, 0.2) is 5.65 Å². The van der Waals surface area contributed by atoms with Gasteiger partial charge < -0.3 is 14.4 Å². The molecule has 1 aliphatic heterocycles. The Balaban J connectivity index is 1.63. The number of anilines is 1. The van der Waals surface area contributed by atoms with Crippen molar-refractivity contribution in [1.82, 2.24) is 24.1 Å². The molecule has 0 radical (unpaired) electrons. The van der Waals surface area contributed by atoms with Crippen molar-refractivity contribution in [3.05, 3.63) is 58.9 Å². The first kappa shape index (κ1) is 19.5. The number of fused-ring (bicyclic) bond motifs is 3. The maximum atomic E-state index is 13.1. The molecule has 3 aromatic heterocycles. The Kier molecular flexibility index (Phi) is 4.82. The Hall–Kier alpha value is -3.46. The fourth-order valence-corrected chi connectivity index (χ4v) is 4.21. The number of pyridine rings is 1. The zero-order valence-electron chi connectivity index (χ0n) is 17.7. The number of ether oxygens (including phenoxy) is 2. The summed E-state index contributed by atoms with van der Waals surface area (Å²) in [5, 5.41) is 4.94. The fraction of sp³-hybridized carbons (Fsp3) is 0.364. The van der Waals surface area contributed by atoms with E-state index in [0.29, 0.717) is 17.8 Å². The average molecular weight is 420 g/mol. The summed E-state index contributed by atoms with van der Waals surface area (Å²) in [6, 6.07) is 9.67. The fourth-order valence-electron chi connectivity index (χ4n) is 4.21. The van der Waals surface area contributed by atoms with Crippen LogP contribution in [0.2, 0.25) is 0 Å². The maximum Gasteiger partial charge on any atom is 0.352 e. The van der Waals surface area contributed by atoms with E-state index in [1.54, 1.807) is 11.7 Å². The molecule has 4 heterocycles. The van der Waals surface area contributed by atoms with E-state index in [-0.39, 0.29) is 17.9 Å². The van der Waals surface area contributed by atoms with Crippen molar-refractivity contribution in [2.45, 2.75) is 32.6 Å². The first-order chi connectivity index (χ1) is 15.0. The molecule has 1 aliphatic rings. The lowest BCUT2D eigenvalue weighted by Gasteiger charge is -2.36. The van der Waals surface area contributed by atoms with Gasteiger partial charge in [0, 0.05) is 13.1 Å². The summed E-state index contributed by atoms with van der Waals surface area (Å²) in [6.45, 7) is 6.08. The molecule has 0 bridgehead atoms. The minimum absolute atomic E-state index is 0.136. The highest BCUT2D eigenvalue weighted by atomic mass is 16.5. The third kappa shape index (κ3) is 3.50. The highest BCUT2D eigenvalue weighted by Crippen LogP contribution is 2.25. The van der Waals surface area contributed by atoms with Crippen LogP contribution in [0.3, 0.4) is 0 Å². The van der Waals surface area contributed by atoms with E-state index in [0.717, 1.165) is 35.5 Å². The topological polar surface area (TPSA) is 86.8 Å². The molecule has 5 rings (SSSR count). The Bertz CT molecular complexity index is 1290. The number of aromatic nitrogens is 5. The largest absolute Gasteiger partial charge is 0.497 e. The van der Waals surface area contributed by atoms with Crippen LogP contribution in [0.4, 0.5) is 5.69 Å². The minimum atomic E-state index is -0.273. The van der Waals surface area contributed by atoms with Crippen LogP contribution in [0.15, 0.2) is 47.7 Å². The molecular weight excluding hydrogens is 396 g/mol. The third-order valence-corrected chi connectivity index (χ3v) is 5.59. The normalized spacial score (nSPS) is 19.3. The predicted octanol–water partition coefficient (Wildman–Crippen LogP) is 2.11. The van der Waals surface area contributed by atoms with Gasteiger partial charge in [-0.25, -0.2) is 14.8 Å². The molecule has 1 aromatic carbocycles. The van der Waals surface area contributed by atoms with Crippen LogP contribution >= 0.6 is 0 Å². The molecule has 2 unspecified atom stereocenters. The lowest BCUT2D eigenvalue weighted by Crippen LogP contribution is -2.45. The van der Waals surface area contributed by atoms with Crippen LogP contribution in [-0.2, 0) is 11.3 Å². The van der Waals surface area contributed by atoms with Gasteiger partial charge in [-0.1, -0.05) is 12.1 Å². The number of hydrogen-bond donors (Lipinski definition) is 0. The van der Waals surface area contributed by atoms with Crippen LogP contribution < -0.4 is 15.3 Å². The molecular formula is C22H24N6O3. The maximum absolute atomic E-state index is 13.1. The van der Waals surface area contributed by atoms with Crippen molar-refractivity contribution in [2.75, 3.05) is 25.1 Å².